The lowest BCUT2D eigenvalue weighted by Gasteiger charge is -2.21. The lowest BCUT2D eigenvalue weighted by Crippen LogP contribution is -2.29. The molecule has 1 fully saturated rings. The van der Waals surface area contributed by atoms with E-state index in [0.717, 1.165) is 22.9 Å². The van der Waals surface area contributed by atoms with E-state index in [2.05, 4.69) is 0 Å². The Bertz CT molecular complexity index is 1280. The van der Waals surface area contributed by atoms with E-state index < -0.39 is 34.4 Å². The van der Waals surface area contributed by atoms with Crippen molar-refractivity contribution in [2.24, 2.45) is 11.7 Å². The van der Waals surface area contributed by atoms with Crippen molar-refractivity contribution in [2.45, 2.75) is 13.0 Å². The van der Waals surface area contributed by atoms with Crippen molar-refractivity contribution in [3.05, 3.63) is 63.7 Å². The molecule has 0 aliphatic carbocycles. The van der Waals surface area contributed by atoms with Crippen molar-refractivity contribution >= 4 is 28.2 Å². The summed E-state index contributed by atoms with van der Waals surface area (Å²) < 4.78 is 44.3. The number of hydrogen-bond acceptors (Lipinski definition) is 5. The summed E-state index contributed by atoms with van der Waals surface area (Å²) in [5.74, 6) is -4.23. The van der Waals surface area contributed by atoms with Gasteiger partial charge in [-0.25, -0.2) is 18.0 Å². The topological polar surface area (TPSA) is 115 Å². The highest BCUT2D eigenvalue weighted by Gasteiger charge is 2.29. The molecule has 5 N–H and O–H groups in total. The number of aromatic carboxylic acids is 1. The zero-order valence-corrected chi connectivity index (χ0v) is 16.4. The zero-order valence-electron chi connectivity index (χ0n) is 16.4. The van der Waals surface area contributed by atoms with Crippen LogP contribution in [0.15, 0.2) is 35.3 Å². The van der Waals surface area contributed by atoms with Gasteiger partial charge in [-0.15, -0.1) is 0 Å². The first kappa shape index (κ1) is 20.7. The number of aromatic nitrogens is 1. The van der Waals surface area contributed by atoms with E-state index in [9.17, 15) is 27.9 Å². The molecule has 0 radical (unpaired) electrons. The summed E-state index contributed by atoms with van der Waals surface area (Å²) >= 11 is 0. The molecule has 2 atom stereocenters. The van der Waals surface area contributed by atoms with E-state index in [-0.39, 0.29) is 39.9 Å². The van der Waals surface area contributed by atoms with Crippen LogP contribution in [-0.4, -0.2) is 34.8 Å². The Labute approximate surface area is 174 Å². The molecular formula is C21H19F3N4O3. The number of carboxylic acids is 1. The van der Waals surface area contributed by atoms with Crippen LogP contribution >= 0.6 is 0 Å². The highest BCUT2D eigenvalue weighted by molar-refractivity contribution is 5.94. The molecule has 2 heterocycles. The molecule has 4 rings (SSSR count). The first-order valence-electron chi connectivity index (χ1n) is 9.46. The van der Waals surface area contributed by atoms with Crippen molar-refractivity contribution in [1.82, 2.24) is 4.57 Å². The van der Waals surface area contributed by atoms with E-state index in [1.165, 1.54) is 6.07 Å². The van der Waals surface area contributed by atoms with Gasteiger partial charge in [-0.3, -0.25) is 4.79 Å². The number of rotatable bonds is 3. The van der Waals surface area contributed by atoms with Crippen molar-refractivity contribution in [1.29, 1.82) is 0 Å². The molecule has 0 saturated carbocycles. The smallest absolute Gasteiger partial charge is 0.341 e. The van der Waals surface area contributed by atoms with Gasteiger partial charge in [-0.1, -0.05) is 6.92 Å². The van der Waals surface area contributed by atoms with Crippen LogP contribution in [0, 0.1) is 23.4 Å². The predicted molar refractivity (Wildman–Crippen MR) is 110 cm³/mol. The summed E-state index contributed by atoms with van der Waals surface area (Å²) in [5, 5.41) is 9.15. The Balaban J connectivity index is 2.05. The van der Waals surface area contributed by atoms with Crippen molar-refractivity contribution < 1.29 is 23.1 Å². The van der Waals surface area contributed by atoms with Crippen LogP contribution < -0.4 is 21.8 Å². The molecule has 1 aliphatic heterocycles. The Hall–Kier alpha value is -3.53. The normalized spacial score (nSPS) is 18.7. The molecule has 2 unspecified atom stereocenters. The van der Waals surface area contributed by atoms with Crippen LogP contribution in [0.1, 0.15) is 17.3 Å². The number of hydrogen-bond donors (Lipinski definition) is 3. The molecule has 162 valence electrons. The second kappa shape index (κ2) is 7.31. The van der Waals surface area contributed by atoms with Crippen molar-refractivity contribution in [3.63, 3.8) is 0 Å². The highest BCUT2D eigenvalue weighted by Crippen LogP contribution is 2.31. The molecule has 0 amide bonds. The number of nitrogens with zero attached hydrogens (tertiary/aromatic N) is 2. The van der Waals surface area contributed by atoms with Gasteiger partial charge in [0.1, 0.15) is 23.0 Å². The summed E-state index contributed by atoms with van der Waals surface area (Å²) in [6.07, 6.45) is 0.919. The number of carbonyl (C=O) groups is 1. The van der Waals surface area contributed by atoms with Gasteiger partial charge in [-0.05, 0) is 24.1 Å². The van der Waals surface area contributed by atoms with Gasteiger partial charge in [0.2, 0.25) is 5.43 Å². The monoisotopic (exact) mass is 432 g/mol. The maximum absolute atomic E-state index is 14.9. The van der Waals surface area contributed by atoms with Crippen molar-refractivity contribution in [3.8, 4) is 5.69 Å². The van der Waals surface area contributed by atoms with E-state index in [1.807, 2.05) is 6.92 Å². The average molecular weight is 432 g/mol. The van der Waals surface area contributed by atoms with Crippen LogP contribution in [0.4, 0.5) is 24.5 Å². The molecule has 10 heteroatoms. The van der Waals surface area contributed by atoms with Crippen molar-refractivity contribution in [2.75, 3.05) is 23.7 Å². The SMILES string of the molecule is CC1CN(c2cc3c(cc2F)c(=O)c(C(=O)O)cn3-c2cc(N)c(F)cc2F)CC1N. The summed E-state index contributed by atoms with van der Waals surface area (Å²) in [5.41, 5.74) is 9.51. The third kappa shape index (κ3) is 3.38. The van der Waals surface area contributed by atoms with E-state index in [0.29, 0.717) is 19.2 Å². The van der Waals surface area contributed by atoms with Gasteiger partial charge in [0.25, 0.3) is 0 Å². The lowest BCUT2D eigenvalue weighted by atomic mass is 10.1. The lowest BCUT2D eigenvalue weighted by molar-refractivity contribution is 0.0695. The van der Waals surface area contributed by atoms with Crippen LogP contribution in [0.3, 0.4) is 0 Å². The second-order valence-electron chi connectivity index (χ2n) is 7.74. The van der Waals surface area contributed by atoms with Gasteiger partial charge in [-0.2, -0.15) is 0 Å². The Morgan fingerprint density at radius 3 is 2.35 bits per heavy atom. The van der Waals surface area contributed by atoms with Crippen LogP contribution in [-0.2, 0) is 0 Å². The molecule has 1 aromatic heterocycles. The van der Waals surface area contributed by atoms with E-state index >= 15 is 0 Å². The molecule has 3 aromatic rings. The van der Waals surface area contributed by atoms with Gasteiger partial charge >= 0.3 is 5.97 Å². The molecule has 31 heavy (non-hydrogen) atoms. The number of anilines is 2. The van der Waals surface area contributed by atoms with Gasteiger partial charge < -0.3 is 26.0 Å². The largest absolute Gasteiger partial charge is 0.477 e. The maximum atomic E-state index is 14.9. The number of fused-ring (bicyclic) bond motifs is 1. The van der Waals surface area contributed by atoms with Crippen LogP contribution in [0.2, 0.25) is 0 Å². The van der Waals surface area contributed by atoms with Crippen LogP contribution in [0.25, 0.3) is 16.6 Å². The standard InChI is InChI=1S/C21H19F3N4O3/c1-9-6-27(8-16(9)26)18-5-17-10(2-13(18)23)20(29)11(21(30)31)7-28(17)19-4-15(25)12(22)3-14(19)24/h2-5,7,9,16H,6,8,25-26H2,1H3,(H,30,31). The maximum Gasteiger partial charge on any atom is 0.341 e. The Morgan fingerprint density at radius 1 is 1.06 bits per heavy atom. The molecule has 2 aromatic carbocycles. The molecule has 1 saturated heterocycles. The molecule has 0 spiro atoms. The number of benzene rings is 2. The quantitative estimate of drug-likeness (QED) is 0.548. The number of carboxylic acid groups (broad SMARTS) is 1. The fourth-order valence-corrected chi connectivity index (χ4v) is 3.86. The van der Waals surface area contributed by atoms with Crippen LogP contribution in [0.5, 0.6) is 0 Å². The highest BCUT2D eigenvalue weighted by atomic mass is 19.1. The number of halogens is 3. The van der Waals surface area contributed by atoms with Gasteiger partial charge in [0.05, 0.1) is 22.6 Å². The minimum Gasteiger partial charge on any atom is -0.477 e. The van der Waals surface area contributed by atoms with E-state index in [4.69, 9.17) is 11.5 Å². The second-order valence-corrected chi connectivity index (χ2v) is 7.74. The minimum absolute atomic E-state index is 0.0458. The number of nitrogens with two attached hydrogens (primary N) is 2. The van der Waals surface area contributed by atoms with E-state index in [1.54, 1.807) is 4.90 Å². The number of pyridine rings is 1. The zero-order chi connectivity index (χ0) is 22.6. The third-order valence-electron chi connectivity index (χ3n) is 5.64. The third-order valence-corrected chi connectivity index (χ3v) is 5.64. The number of nitrogen functional groups attached to an aromatic ring is 1. The molecule has 7 nitrogen and oxygen atoms in total. The fraction of sp³-hybridized carbons (Fsp3) is 0.238. The van der Waals surface area contributed by atoms with Gasteiger partial charge in [0.15, 0.2) is 0 Å². The minimum atomic E-state index is -1.57. The Morgan fingerprint density at radius 2 is 1.74 bits per heavy atom. The predicted octanol–water partition coefficient (Wildman–Crippen LogP) is 2.47. The first-order valence-corrected chi connectivity index (χ1v) is 9.46. The molecular weight excluding hydrogens is 413 g/mol. The summed E-state index contributed by atoms with van der Waals surface area (Å²) in [6.45, 7) is 2.77. The summed E-state index contributed by atoms with van der Waals surface area (Å²) in [7, 11) is 0. The summed E-state index contributed by atoms with van der Waals surface area (Å²) in [6, 6.07) is 3.62. The average Bonchev–Trinajstić information content (AvgIpc) is 3.03. The molecule has 1 aliphatic rings. The molecule has 0 bridgehead atoms. The first-order chi connectivity index (χ1) is 14.6. The Kier molecular flexibility index (Phi) is 4.89. The fourth-order valence-electron chi connectivity index (χ4n) is 3.86. The summed E-state index contributed by atoms with van der Waals surface area (Å²) in [4.78, 5) is 26.0. The van der Waals surface area contributed by atoms with Gasteiger partial charge in [0, 0.05) is 36.8 Å².